The number of rotatable bonds is 3. The minimum absolute atomic E-state index is 0.0115. The molecule has 2 rings (SSSR count). The van der Waals surface area contributed by atoms with E-state index in [2.05, 4.69) is 5.10 Å². The second-order valence-electron chi connectivity index (χ2n) is 4.86. The number of hydrogen-bond acceptors (Lipinski definition) is 3. The van der Waals surface area contributed by atoms with E-state index in [1.807, 2.05) is 0 Å². The molecule has 3 nitrogen and oxygen atoms in total. The molecule has 0 bridgehead atoms. The maximum atomic E-state index is 13.3. The van der Waals surface area contributed by atoms with Crippen molar-refractivity contribution in [2.75, 3.05) is 7.05 Å². The summed E-state index contributed by atoms with van der Waals surface area (Å²) >= 11 is 0. The topological polar surface area (TPSA) is 35.8 Å². The second kappa shape index (κ2) is 4.85. The summed E-state index contributed by atoms with van der Waals surface area (Å²) in [5.41, 5.74) is -0.159. The third-order valence-electron chi connectivity index (χ3n) is 3.56. The summed E-state index contributed by atoms with van der Waals surface area (Å²) in [6.45, 7) is 1.12. The molecule has 0 aromatic heterocycles. The first-order chi connectivity index (χ1) is 8.88. The molecule has 1 unspecified atom stereocenters. The highest BCUT2D eigenvalue weighted by Gasteiger charge is 2.44. The van der Waals surface area contributed by atoms with Crippen molar-refractivity contribution in [3.05, 3.63) is 35.1 Å². The molecule has 6 heteroatoms. The van der Waals surface area contributed by atoms with Gasteiger partial charge in [0.25, 0.3) is 6.43 Å². The highest BCUT2D eigenvalue weighted by molar-refractivity contribution is 6.03. The van der Waals surface area contributed by atoms with Crippen molar-refractivity contribution in [1.82, 2.24) is 5.01 Å². The van der Waals surface area contributed by atoms with Crippen LogP contribution in [0.15, 0.2) is 23.3 Å². The van der Waals surface area contributed by atoms with Crippen LogP contribution >= 0.6 is 0 Å². The fourth-order valence-electron chi connectivity index (χ4n) is 2.11. The highest BCUT2D eigenvalue weighted by atomic mass is 19.3. The Labute approximate surface area is 109 Å². The molecule has 104 valence electrons. The average Bonchev–Trinajstić information content (AvgIpc) is 2.67. The monoisotopic (exact) mass is 272 g/mol. The zero-order chi connectivity index (χ0) is 14.2. The number of hydrogen-bond donors (Lipinski definition) is 1. The molecular weight excluding hydrogens is 257 g/mol. The summed E-state index contributed by atoms with van der Waals surface area (Å²) < 4.78 is 39.5. The van der Waals surface area contributed by atoms with Crippen LogP contribution in [0.3, 0.4) is 0 Å². The molecule has 1 N–H and O–H groups in total. The van der Waals surface area contributed by atoms with Crippen molar-refractivity contribution in [2.45, 2.75) is 31.9 Å². The molecule has 1 atom stereocenters. The Morgan fingerprint density at radius 2 is 2.16 bits per heavy atom. The lowest BCUT2D eigenvalue weighted by Gasteiger charge is -2.30. The maximum Gasteiger partial charge on any atom is 0.263 e. The predicted molar refractivity (Wildman–Crippen MR) is 65.6 cm³/mol. The highest BCUT2D eigenvalue weighted by Crippen LogP contribution is 2.34. The van der Waals surface area contributed by atoms with Crippen molar-refractivity contribution >= 4 is 5.71 Å². The first kappa shape index (κ1) is 13.9. The number of benzene rings is 1. The molecule has 1 aromatic rings. The van der Waals surface area contributed by atoms with E-state index >= 15 is 0 Å². The molecule has 0 spiro atoms. The summed E-state index contributed by atoms with van der Waals surface area (Å²) in [5, 5.41) is 14.5. The van der Waals surface area contributed by atoms with Crippen molar-refractivity contribution in [3.63, 3.8) is 0 Å². The van der Waals surface area contributed by atoms with E-state index in [1.165, 1.54) is 37.2 Å². The van der Waals surface area contributed by atoms with Crippen molar-refractivity contribution < 1.29 is 18.3 Å². The summed E-state index contributed by atoms with van der Waals surface area (Å²) in [7, 11) is 1.47. The molecule has 0 fully saturated rings. The Bertz CT molecular complexity index is 519. The number of aliphatic hydroxyl groups excluding tert-OH is 1. The first-order valence-corrected chi connectivity index (χ1v) is 5.87. The van der Waals surface area contributed by atoms with E-state index in [0.29, 0.717) is 16.8 Å². The molecule has 0 saturated heterocycles. The lowest BCUT2D eigenvalue weighted by atomic mass is 9.91. The van der Waals surface area contributed by atoms with Gasteiger partial charge in [0.2, 0.25) is 0 Å². The summed E-state index contributed by atoms with van der Waals surface area (Å²) in [6, 6.07) is 3.88. The van der Waals surface area contributed by atoms with Gasteiger partial charge in [0, 0.05) is 19.0 Å². The van der Waals surface area contributed by atoms with Crippen LogP contribution < -0.4 is 0 Å². The minimum Gasteiger partial charge on any atom is -0.392 e. The molecule has 19 heavy (non-hydrogen) atoms. The van der Waals surface area contributed by atoms with Crippen LogP contribution in [0, 0.1) is 5.82 Å². The smallest absolute Gasteiger partial charge is 0.263 e. The van der Waals surface area contributed by atoms with Gasteiger partial charge in [-0.25, -0.2) is 13.2 Å². The van der Waals surface area contributed by atoms with Crippen LogP contribution in [0.25, 0.3) is 0 Å². The lowest BCUT2D eigenvalue weighted by molar-refractivity contribution is -0.0161. The summed E-state index contributed by atoms with van der Waals surface area (Å²) in [5.74, 6) is -0.483. The molecule has 0 aliphatic carbocycles. The average molecular weight is 272 g/mol. The number of alkyl halides is 2. The lowest BCUT2D eigenvalue weighted by Crippen LogP contribution is -2.44. The Kier molecular flexibility index (Phi) is 3.54. The van der Waals surface area contributed by atoms with E-state index in [4.69, 9.17) is 0 Å². The molecule has 1 heterocycles. The Balaban J connectivity index is 2.40. The third kappa shape index (κ3) is 2.32. The maximum absolute atomic E-state index is 13.3. The van der Waals surface area contributed by atoms with Crippen LogP contribution in [-0.4, -0.2) is 34.8 Å². The van der Waals surface area contributed by atoms with Gasteiger partial charge in [-0.2, -0.15) is 5.10 Å². The number of aliphatic hydroxyl groups is 1. The largest absolute Gasteiger partial charge is 0.392 e. The van der Waals surface area contributed by atoms with E-state index in [0.717, 1.165) is 0 Å². The summed E-state index contributed by atoms with van der Waals surface area (Å²) in [4.78, 5) is 0. The minimum atomic E-state index is -2.56. The van der Waals surface area contributed by atoms with E-state index < -0.39 is 17.8 Å². The van der Waals surface area contributed by atoms with Crippen LogP contribution in [0.4, 0.5) is 13.2 Å². The molecule has 1 aliphatic heterocycles. The van der Waals surface area contributed by atoms with Gasteiger partial charge in [-0.15, -0.1) is 0 Å². The van der Waals surface area contributed by atoms with Gasteiger partial charge in [-0.3, -0.25) is 5.01 Å². The number of halogens is 3. The molecule has 0 amide bonds. The molecular formula is C13H15F3N2O. The normalized spacial score (nSPS) is 23.1. The Hall–Kier alpha value is -1.56. The van der Waals surface area contributed by atoms with Gasteiger partial charge in [0.05, 0.1) is 12.3 Å². The Morgan fingerprint density at radius 1 is 1.47 bits per heavy atom. The zero-order valence-corrected chi connectivity index (χ0v) is 10.7. The van der Waals surface area contributed by atoms with Gasteiger partial charge < -0.3 is 5.11 Å². The van der Waals surface area contributed by atoms with Crippen LogP contribution in [0.5, 0.6) is 0 Å². The van der Waals surface area contributed by atoms with Gasteiger partial charge in [0.1, 0.15) is 11.4 Å². The van der Waals surface area contributed by atoms with Crippen molar-refractivity contribution in [1.29, 1.82) is 0 Å². The first-order valence-electron chi connectivity index (χ1n) is 5.87. The SMILES string of the molecule is CN1N=C(c2cc(F)ccc2CO)CC1(C)C(F)F. The number of hydrazone groups is 1. The van der Waals surface area contributed by atoms with Crippen LogP contribution in [0.2, 0.25) is 0 Å². The molecule has 0 radical (unpaired) electrons. The van der Waals surface area contributed by atoms with Crippen molar-refractivity contribution in [2.24, 2.45) is 5.10 Å². The second-order valence-corrected chi connectivity index (χ2v) is 4.86. The third-order valence-corrected chi connectivity index (χ3v) is 3.56. The Morgan fingerprint density at radius 3 is 2.68 bits per heavy atom. The zero-order valence-electron chi connectivity index (χ0n) is 10.7. The van der Waals surface area contributed by atoms with Crippen molar-refractivity contribution in [3.8, 4) is 0 Å². The fourth-order valence-corrected chi connectivity index (χ4v) is 2.11. The number of nitrogens with zero attached hydrogens (tertiary/aromatic N) is 2. The molecule has 1 aliphatic rings. The van der Waals surface area contributed by atoms with Crippen LogP contribution in [0.1, 0.15) is 24.5 Å². The quantitative estimate of drug-likeness (QED) is 0.917. The van der Waals surface area contributed by atoms with E-state index in [9.17, 15) is 18.3 Å². The van der Waals surface area contributed by atoms with Gasteiger partial charge >= 0.3 is 0 Å². The van der Waals surface area contributed by atoms with Gasteiger partial charge in [0.15, 0.2) is 0 Å². The molecule has 0 saturated carbocycles. The van der Waals surface area contributed by atoms with Gasteiger partial charge in [-0.05, 0) is 24.6 Å². The van der Waals surface area contributed by atoms with E-state index in [-0.39, 0.29) is 13.0 Å². The predicted octanol–water partition coefficient (Wildman–Crippen LogP) is 2.38. The molecule has 1 aromatic carbocycles. The van der Waals surface area contributed by atoms with E-state index in [1.54, 1.807) is 0 Å². The summed E-state index contributed by atoms with van der Waals surface area (Å²) in [6.07, 6.45) is -2.55. The standard InChI is InChI=1S/C13H15F3N2O/c1-13(12(15)16)6-11(17-18(13)2)10-5-9(14)4-3-8(10)7-19/h3-5,12,19H,6-7H2,1-2H3. The fraction of sp³-hybridized carbons (Fsp3) is 0.462. The van der Waals surface area contributed by atoms with Gasteiger partial charge in [-0.1, -0.05) is 6.07 Å². The van der Waals surface area contributed by atoms with Crippen LogP contribution in [-0.2, 0) is 6.61 Å².